The molecule has 0 atom stereocenters. The van der Waals surface area contributed by atoms with Gasteiger partial charge in [0.05, 0.1) is 0 Å². The number of hydrogen-bond donors (Lipinski definition) is 1. The summed E-state index contributed by atoms with van der Waals surface area (Å²) in [5, 5.41) is 21.4. The maximum absolute atomic E-state index is 12.1. The molecule has 1 N–H and O–H groups in total. The normalized spacial score (nSPS) is 11.1. The van der Waals surface area contributed by atoms with E-state index in [9.17, 15) is 15.1 Å². The fourth-order valence-corrected chi connectivity index (χ4v) is 2.85. The van der Waals surface area contributed by atoms with E-state index in [4.69, 9.17) is 0 Å². The number of benzene rings is 2. The van der Waals surface area contributed by atoms with Gasteiger partial charge in [-0.25, -0.2) is 0 Å². The average Bonchev–Trinajstić information content (AvgIpc) is 2.28. The van der Waals surface area contributed by atoms with E-state index >= 15 is 0 Å². The van der Waals surface area contributed by atoms with Crippen LogP contribution in [0.2, 0.25) is 0 Å². The van der Waals surface area contributed by atoms with Gasteiger partial charge in [-0.15, -0.1) is 11.3 Å². The van der Waals surface area contributed by atoms with E-state index in [1.807, 2.05) is 0 Å². The highest BCUT2D eigenvalue weighted by molar-refractivity contribution is 7.21. The molecule has 0 amide bonds. The number of phenolic OH excluding ortho intramolecular Hbond substituents is 1. The van der Waals surface area contributed by atoms with Crippen molar-refractivity contribution in [3.63, 3.8) is 0 Å². The van der Waals surface area contributed by atoms with Crippen LogP contribution in [-0.2, 0) is 0 Å². The van der Waals surface area contributed by atoms with Crippen molar-refractivity contribution >= 4 is 21.6 Å². The van der Waals surface area contributed by atoms with Crippen LogP contribution in [-0.4, -0.2) is 5.11 Å². The Morgan fingerprint density at radius 1 is 1.18 bits per heavy atom. The Hall–Kier alpha value is -2.14. The molecule has 84 valence electrons. The monoisotopic (exact) mass is 245 g/mol. The Bertz CT molecular complexity index is 751. The molecular weight excluding hydrogens is 238 g/mol. The van der Waals surface area contributed by atoms with E-state index in [1.165, 1.54) is 41.7 Å². The third-order valence-electron chi connectivity index (χ3n) is 2.53. The lowest BCUT2D eigenvalue weighted by atomic mass is 10.2. The Morgan fingerprint density at radius 3 is 2.82 bits per heavy atom. The molecule has 0 unspecified atom stereocenters. The van der Waals surface area contributed by atoms with Crippen LogP contribution in [0.5, 0.6) is 5.75 Å². The third kappa shape index (κ3) is 1.52. The summed E-state index contributed by atoms with van der Waals surface area (Å²) in [5.41, 5.74) is 0.819. The summed E-state index contributed by atoms with van der Waals surface area (Å²) in [6, 6.07) is 8.88. The molecule has 1 aromatic carbocycles. The van der Waals surface area contributed by atoms with Gasteiger partial charge in [-0.2, -0.15) is 4.73 Å². The number of hydrogen-bond acceptors (Lipinski definition) is 4. The first-order valence-corrected chi connectivity index (χ1v) is 5.76. The molecule has 0 aromatic heterocycles. The first-order chi connectivity index (χ1) is 8.15. The third-order valence-corrected chi connectivity index (χ3v) is 3.63. The molecule has 4 nitrogen and oxygen atoms in total. The van der Waals surface area contributed by atoms with E-state index in [2.05, 4.69) is 0 Å². The quantitative estimate of drug-likeness (QED) is 0.372. The summed E-state index contributed by atoms with van der Waals surface area (Å²) < 4.78 is 1.43. The number of aromatic hydroxyl groups is 1. The summed E-state index contributed by atoms with van der Waals surface area (Å²) in [5.74, 6) is 0.103. The van der Waals surface area contributed by atoms with Crippen molar-refractivity contribution in [1.29, 1.82) is 0 Å². The zero-order chi connectivity index (χ0) is 12.0. The second-order valence-corrected chi connectivity index (χ2v) is 4.76. The lowest BCUT2D eigenvalue weighted by molar-refractivity contribution is -0.564. The maximum Gasteiger partial charge on any atom is 0.234 e. The Kier molecular flexibility index (Phi) is 2.02. The number of rotatable bonds is 0. The molecule has 2 aliphatic rings. The van der Waals surface area contributed by atoms with Gasteiger partial charge in [0.2, 0.25) is 11.2 Å². The molecule has 0 bridgehead atoms. The predicted octanol–water partition coefficient (Wildman–Crippen LogP) is 1.71. The van der Waals surface area contributed by atoms with Gasteiger partial charge >= 0.3 is 0 Å². The Labute approximate surface area is 99.9 Å². The van der Waals surface area contributed by atoms with Gasteiger partial charge in [-0.3, -0.25) is 4.79 Å². The van der Waals surface area contributed by atoms with Crippen LogP contribution in [0.15, 0.2) is 41.2 Å². The van der Waals surface area contributed by atoms with Crippen LogP contribution in [0.25, 0.3) is 20.8 Å². The molecule has 1 aliphatic carbocycles. The van der Waals surface area contributed by atoms with E-state index in [0.717, 1.165) is 4.73 Å². The number of fused-ring (bicyclic) bond motifs is 2. The lowest BCUT2D eigenvalue weighted by Crippen LogP contribution is -2.30. The molecule has 0 saturated carbocycles. The average molecular weight is 245 g/mol. The number of aromatic nitrogens is 1. The van der Waals surface area contributed by atoms with Gasteiger partial charge < -0.3 is 10.3 Å². The van der Waals surface area contributed by atoms with Crippen LogP contribution in [0.3, 0.4) is 0 Å². The molecule has 0 radical (unpaired) electrons. The van der Waals surface area contributed by atoms with Gasteiger partial charge in [0.25, 0.3) is 0 Å². The highest BCUT2D eigenvalue weighted by atomic mass is 32.1. The smallest absolute Gasteiger partial charge is 0.234 e. The zero-order valence-corrected chi connectivity index (χ0v) is 9.40. The molecule has 3 rings (SSSR count). The van der Waals surface area contributed by atoms with Crippen molar-refractivity contribution in [1.82, 2.24) is 0 Å². The molecule has 5 heteroatoms. The fourth-order valence-electron chi connectivity index (χ4n) is 1.74. The van der Waals surface area contributed by atoms with Crippen LogP contribution in [0.4, 0.5) is 0 Å². The fraction of sp³-hybridized carbons (Fsp3) is 0. The van der Waals surface area contributed by atoms with Crippen LogP contribution < -0.4 is 10.2 Å². The van der Waals surface area contributed by atoms with E-state index < -0.39 is 0 Å². The predicted molar refractivity (Wildman–Crippen MR) is 65.3 cm³/mol. The Balaban J connectivity index is 2.53. The van der Waals surface area contributed by atoms with Gasteiger partial charge in [-0.1, -0.05) is 0 Å². The zero-order valence-electron chi connectivity index (χ0n) is 8.58. The summed E-state index contributed by atoms with van der Waals surface area (Å²) in [6.07, 6.45) is 0. The minimum atomic E-state index is -0.131. The minimum absolute atomic E-state index is 0.103. The molecular formula is C12H7NO3S. The highest BCUT2D eigenvalue weighted by Gasteiger charge is 2.17. The minimum Gasteiger partial charge on any atom is -0.618 e. The lowest BCUT2D eigenvalue weighted by Gasteiger charge is -2.08. The van der Waals surface area contributed by atoms with Crippen LogP contribution in [0.1, 0.15) is 0 Å². The first kappa shape index (κ1) is 10.0. The van der Waals surface area contributed by atoms with Gasteiger partial charge in [-0.05, 0) is 12.1 Å². The highest BCUT2D eigenvalue weighted by Crippen LogP contribution is 2.29. The van der Waals surface area contributed by atoms with E-state index in [1.54, 1.807) is 6.07 Å². The van der Waals surface area contributed by atoms with E-state index in [0.29, 0.717) is 20.8 Å². The van der Waals surface area contributed by atoms with Crippen LogP contribution >= 0.6 is 11.3 Å². The number of nitrogens with zero attached hydrogens (tertiary/aromatic N) is 1. The molecule has 1 aromatic rings. The van der Waals surface area contributed by atoms with Gasteiger partial charge in [0.1, 0.15) is 15.3 Å². The maximum atomic E-state index is 12.1. The number of phenols is 1. The summed E-state index contributed by atoms with van der Waals surface area (Å²) in [6.45, 7) is 0. The van der Waals surface area contributed by atoms with Gasteiger partial charge in [0, 0.05) is 24.3 Å². The van der Waals surface area contributed by atoms with Crippen molar-refractivity contribution < 1.29 is 9.84 Å². The van der Waals surface area contributed by atoms with Crippen molar-refractivity contribution in [3.8, 4) is 16.3 Å². The molecule has 0 fully saturated rings. The Morgan fingerprint density at radius 2 is 2.00 bits per heavy atom. The summed E-state index contributed by atoms with van der Waals surface area (Å²) >= 11 is 1.31. The standard InChI is InChI=1S/C12H7NO3S/c14-7-1-3-9-11(5-7)17-12-6-8(15)2-4-10(12)13(9)16/h1-6,14H. The summed E-state index contributed by atoms with van der Waals surface area (Å²) in [7, 11) is 0. The molecule has 1 heterocycles. The van der Waals surface area contributed by atoms with Crippen molar-refractivity contribution in [2.75, 3.05) is 0 Å². The second-order valence-electron chi connectivity index (χ2n) is 3.68. The van der Waals surface area contributed by atoms with Crippen molar-refractivity contribution in [2.45, 2.75) is 0 Å². The SMILES string of the molecule is O=c1ccc2[n+]([O-])c3ccc(O)cc3sc-2c1. The van der Waals surface area contributed by atoms with Gasteiger partial charge in [0.15, 0.2) is 5.43 Å². The summed E-state index contributed by atoms with van der Waals surface area (Å²) in [4.78, 5) is 11.9. The molecule has 1 aliphatic heterocycles. The van der Waals surface area contributed by atoms with E-state index in [-0.39, 0.29) is 11.2 Å². The first-order valence-electron chi connectivity index (χ1n) is 4.94. The topological polar surface area (TPSA) is 64.2 Å². The molecule has 0 spiro atoms. The second kappa shape index (κ2) is 3.43. The largest absolute Gasteiger partial charge is 0.618 e. The molecule has 0 saturated heterocycles. The molecule has 17 heavy (non-hydrogen) atoms. The van der Waals surface area contributed by atoms with Crippen LogP contribution in [0, 0.1) is 5.21 Å². The van der Waals surface area contributed by atoms with Crippen molar-refractivity contribution in [3.05, 3.63) is 51.8 Å². The van der Waals surface area contributed by atoms with Crippen molar-refractivity contribution in [2.24, 2.45) is 0 Å².